The number of nitriles is 1. The van der Waals surface area contributed by atoms with Crippen molar-refractivity contribution in [2.45, 2.75) is 13.3 Å². The van der Waals surface area contributed by atoms with Crippen LogP contribution in [0.15, 0.2) is 43.2 Å². The third kappa shape index (κ3) is 3.29. The number of hydrogen-bond donors (Lipinski definition) is 0. The minimum absolute atomic E-state index is 0.624. The van der Waals surface area contributed by atoms with Crippen LogP contribution < -0.4 is 0 Å². The summed E-state index contributed by atoms with van der Waals surface area (Å²) in [5.41, 5.74) is 2.61. The van der Waals surface area contributed by atoms with Crippen molar-refractivity contribution in [2.24, 2.45) is 0 Å². The Kier molecular flexibility index (Phi) is 4.35. The zero-order valence-corrected chi connectivity index (χ0v) is 9.49. The van der Waals surface area contributed by atoms with E-state index in [4.69, 9.17) is 10.00 Å². The molecule has 0 bridgehead atoms. The number of benzene rings is 1. The Labute approximate surface area is 96.5 Å². The van der Waals surface area contributed by atoms with Crippen molar-refractivity contribution >= 4 is 5.57 Å². The van der Waals surface area contributed by atoms with E-state index < -0.39 is 0 Å². The molecular weight excluding hydrogens is 198 g/mol. The van der Waals surface area contributed by atoms with Gasteiger partial charge in [-0.05, 0) is 30.2 Å². The Morgan fingerprint density at radius 2 is 1.94 bits per heavy atom. The Morgan fingerprint density at radius 3 is 2.44 bits per heavy atom. The molecule has 0 unspecified atom stereocenters. The van der Waals surface area contributed by atoms with Gasteiger partial charge in [0, 0.05) is 6.42 Å². The number of ether oxygens (including phenoxy) is 1. The van der Waals surface area contributed by atoms with Gasteiger partial charge in [0.2, 0.25) is 0 Å². The summed E-state index contributed by atoms with van der Waals surface area (Å²) in [6, 6.07) is 9.42. The highest BCUT2D eigenvalue weighted by Crippen LogP contribution is 2.20. The Balaban J connectivity index is 2.67. The number of allylic oxidation sites excluding steroid dienone is 1. The zero-order valence-electron chi connectivity index (χ0n) is 9.49. The fourth-order valence-electron chi connectivity index (χ4n) is 1.38. The Bertz CT molecular complexity index is 423. The number of nitrogens with zero attached hydrogens (tertiary/aromatic N) is 1. The summed E-state index contributed by atoms with van der Waals surface area (Å²) in [4.78, 5) is 0. The van der Waals surface area contributed by atoms with Gasteiger partial charge in [-0.3, -0.25) is 0 Å². The monoisotopic (exact) mass is 213 g/mol. The lowest BCUT2D eigenvalue weighted by Gasteiger charge is -2.09. The van der Waals surface area contributed by atoms with Crippen molar-refractivity contribution in [1.29, 1.82) is 5.26 Å². The Hall–Kier alpha value is -2.01. The third-order valence-corrected chi connectivity index (χ3v) is 2.18. The van der Waals surface area contributed by atoms with E-state index in [-0.39, 0.29) is 0 Å². The van der Waals surface area contributed by atoms with Crippen molar-refractivity contribution in [1.82, 2.24) is 0 Å². The molecule has 82 valence electrons. The van der Waals surface area contributed by atoms with Gasteiger partial charge in [0.25, 0.3) is 0 Å². The molecule has 0 aromatic heterocycles. The molecule has 0 spiro atoms. The van der Waals surface area contributed by atoms with Crippen LogP contribution in [0.3, 0.4) is 0 Å². The van der Waals surface area contributed by atoms with Crippen molar-refractivity contribution in [3.63, 3.8) is 0 Å². The highest BCUT2D eigenvalue weighted by atomic mass is 16.5. The van der Waals surface area contributed by atoms with E-state index in [9.17, 15) is 0 Å². The van der Waals surface area contributed by atoms with E-state index in [1.165, 1.54) is 0 Å². The normalized spacial score (nSPS) is 9.25. The van der Waals surface area contributed by atoms with Gasteiger partial charge in [-0.25, -0.2) is 0 Å². The molecule has 2 nitrogen and oxygen atoms in total. The summed E-state index contributed by atoms with van der Waals surface area (Å²) in [7, 11) is 0. The van der Waals surface area contributed by atoms with Crippen LogP contribution in [-0.4, -0.2) is 6.61 Å². The fourth-order valence-corrected chi connectivity index (χ4v) is 1.38. The predicted octanol–water partition coefficient (Wildman–Crippen LogP) is 3.51. The van der Waals surface area contributed by atoms with E-state index in [0.717, 1.165) is 16.9 Å². The lowest BCUT2D eigenvalue weighted by Crippen LogP contribution is -1.92. The first-order valence-corrected chi connectivity index (χ1v) is 5.16. The number of hydrogen-bond acceptors (Lipinski definition) is 2. The second-order valence-electron chi connectivity index (χ2n) is 3.44. The van der Waals surface area contributed by atoms with Crippen LogP contribution in [0.25, 0.3) is 5.57 Å². The third-order valence-electron chi connectivity index (χ3n) is 2.18. The molecule has 0 N–H and O–H groups in total. The second kappa shape index (κ2) is 5.77. The van der Waals surface area contributed by atoms with Crippen LogP contribution in [0.5, 0.6) is 0 Å². The second-order valence-corrected chi connectivity index (χ2v) is 3.44. The van der Waals surface area contributed by atoms with Crippen LogP contribution in [0.2, 0.25) is 0 Å². The van der Waals surface area contributed by atoms with Gasteiger partial charge >= 0.3 is 0 Å². The van der Waals surface area contributed by atoms with Gasteiger partial charge in [0.15, 0.2) is 0 Å². The van der Waals surface area contributed by atoms with Crippen molar-refractivity contribution < 1.29 is 4.74 Å². The standard InChI is InChI=1S/C14H15NO/c1-4-16-12(3)9-11(2)14-7-5-13(10-15)6-8-14/h5-8H,2-4,9H2,1H3. The van der Waals surface area contributed by atoms with Crippen LogP contribution in [0, 0.1) is 11.3 Å². The van der Waals surface area contributed by atoms with Gasteiger partial charge in [0.05, 0.1) is 24.0 Å². The molecule has 1 aromatic rings. The lowest BCUT2D eigenvalue weighted by molar-refractivity contribution is 0.227. The molecule has 1 aromatic carbocycles. The molecule has 1 rings (SSSR count). The van der Waals surface area contributed by atoms with E-state index in [1.807, 2.05) is 19.1 Å². The van der Waals surface area contributed by atoms with Crippen molar-refractivity contribution in [2.75, 3.05) is 6.61 Å². The summed E-state index contributed by atoms with van der Waals surface area (Å²) in [6.07, 6.45) is 0.625. The molecule has 0 saturated heterocycles. The predicted molar refractivity (Wildman–Crippen MR) is 65.6 cm³/mol. The summed E-state index contributed by atoms with van der Waals surface area (Å²) in [6.45, 7) is 10.3. The van der Waals surface area contributed by atoms with E-state index in [2.05, 4.69) is 19.2 Å². The minimum atomic E-state index is 0.624. The van der Waals surface area contributed by atoms with Gasteiger partial charge in [0.1, 0.15) is 0 Å². The van der Waals surface area contributed by atoms with Crippen LogP contribution in [-0.2, 0) is 4.74 Å². The molecule has 2 heteroatoms. The molecule has 0 radical (unpaired) electrons. The zero-order chi connectivity index (χ0) is 12.0. The molecule has 0 aliphatic carbocycles. The van der Waals surface area contributed by atoms with Gasteiger partial charge in [-0.1, -0.05) is 25.3 Å². The summed E-state index contributed by atoms with van der Waals surface area (Å²) in [5, 5.41) is 8.68. The first-order chi connectivity index (χ1) is 7.67. The maximum absolute atomic E-state index is 8.68. The quantitative estimate of drug-likeness (QED) is 0.701. The molecule has 0 atom stereocenters. The molecule has 0 aliphatic heterocycles. The molecule has 0 aliphatic rings. The summed E-state index contributed by atoms with van der Waals surface area (Å²) in [5.74, 6) is 0.719. The fraction of sp³-hybridized carbons (Fsp3) is 0.214. The van der Waals surface area contributed by atoms with E-state index in [0.29, 0.717) is 18.6 Å². The highest BCUT2D eigenvalue weighted by molar-refractivity contribution is 5.65. The maximum Gasteiger partial charge on any atom is 0.0991 e. The van der Waals surface area contributed by atoms with Crippen LogP contribution in [0.1, 0.15) is 24.5 Å². The molecule has 0 saturated carbocycles. The average Bonchev–Trinajstić information content (AvgIpc) is 2.29. The SMILES string of the molecule is C=C(CC(=C)c1ccc(C#N)cc1)OCC. The topological polar surface area (TPSA) is 33.0 Å². The molecule has 0 fully saturated rings. The average molecular weight is 213 g/mol. The van der Waals surface area contributed by atoms with E-state index >= 15 is 0 Å². The van der Waals surface area contributed by atoms with Gasteiger partial charge in [-0.2, -0.15) is 5.26 Å². The minimum Gasteiger partial charge on any atom is -0.498 e. The summed E-state index contributed by atoms with van der Waals surface area (Å²) < 4.78 is 5.27. The smallest absolute Gasteiger partial charge is 0.0991 e. The van der Waals surface area contributed by atoms with Crippen LogP contribution >= 0.6 is 0 Å². The molecule has 0 heterocycles. The first kappa shape index (κ1) is 12.1. The largest absolute Gasteiger partial charge is 0.498 e. The van der Waals surface area contributed by atoms with Crippen molar-refractivity contribution in [3.05, 3.63) is 54.3 Å². The van der Waals surface area contributed by atoms with Gasteiger partial charge in [-0.15, -0.1) is 0 Å². The Morgan fingerprint density at radius 1 is 1.31 bits per heavy atom. The lowest BCUT2D eigenvalue weighted by atomic mass is 10.0. The van der Waals surface area contributed by atoms with Crippen LogP contribution in [0.4, 0.5) is 0 Å². The van der Waals surface area contributed by atoms with Crippen molar-refractivity contribution in [3.8, 4) is 6.07 Å². The van der Waals surface area contributed by atoms with E-state index in [1.54, 1.807) is 12.1 Å². The summed E-state index contributed by atoms with van der Waals surface area (Å²) >= 11 is 0. The molecular formula is C14H15NO. The highest BCUT2D eigenvalue weighted by Gasteiger charge is 2.02. The maximum atomic E-state index is 8.68. The molecule has 0 amide bonds. The first-order valence-electron chi connectivity index (χ1n) is 5.16. The van der Waals surface area contributed by atoms with Gasteiger partial charge < -0.3 is 4.74 Å². The molecule has 16 heavy (non-hydrogen) atoms. The number of rotatable bonds is 5.